The quantitative estimate of drug-likeness (QED) is 0.889. The number of rotatable bonds is 3. The Morgan fingerprint density at radius 3 is 2.94 bits per heavy atom. The van der Waals surface area contributed by atoms with E-state index in [0.29, 0.717) is 5.56 Å². The average molecular weight is 249 g/mol. The highest BCUT2D eigenvalue weighted by molar-refractivity contribution is 5.87. The van der Waals surface area contributed by atoms with E-state index in [9.17, 15) is 4.79 Å². The molecule has 0 saturated carbocycles. The highest BCUT2D eigenvalue weighted by atomic mass is 16.5. The van der Waals surface area contributed by atoms with Gasteiger partial charge in [0.25, 0.3) is 0 Å². The Hall–Kier alpha value is -1.39. The van der Waals surface area contributed by atoms with Crippen LogP contribution in [0.25, 0.3) is 0 Å². The summed E-state index contributed by atoms with van der Waals surface area (Å²) in [6.45, 7) is 6.45. The molecule has 0 aliphatic carbocycles. The van der Waals surface area contributed by atoms with Crippen LogP contribution in [0.1, 0.15) is 27.9 Å². The van der Waals surface area contributed by atoms with Gasteiger partial charge in [-0.1, -0.05) is 6.07 Å². The number of benzene rings is 1. The van der Waals surface area contributed by atoms with Gasteiger partial charge in [-0.3, -0.25) is 4.90 Å². The number of carboxylic acids is 1. The van der Waals surface area contributed by atoms with Gasteiger partial charge in [0.1, 0.15) is 0 Å². The highest BCUT2D eigenvalue weighted by Crippen LogP contribution is 2.14. The Labute approximate surface area is 107 Å². The Kier molecular flexibility index (Phi) is 4.33. The fourth-order valence-corrected chi connectivity index (χ4v) is 2.20. The van der Waals surface area contributed by atoms with E-state index >= 15 is 0 Å². The minimum Gasteiger partial charge on any atom is -0.478 e. The summed E-state index contributed by atoms with van der Waals surface area (Å²) in [4.78, 5) is 13.2. The Bertz CT molecular complexity index is 423. The monoisotopic (exact) mass is 249 g/mol. The summed E-state index contributed by atoms with van der Waals surface area (Å²) in [5.41, 5.74) is 2.59. The lowest BCUT2D eigenvalue weighted by Gasteiger charge is -2.20. The van der Waals surface area contributed by atoms with Crippen LogP contribution in [0.4, 0.5) is 0 Å². The Morgan fingerprint density at radius 1 is 1.39 bits per heavy atom. The van der Waals surface area contributed by atoms with Crippen LogP contribution < -0.4 is 0 Å². The highest BCUT2D eigenvalue weighted by Gasteiger charge is 2.12. The van der Waals surface area contributed by atoms with Crippen molar-refractivity contribution < 1.29 is 14.6 Å². The van der Waals surface area contributed by atoms with E-state index in [1.807, 2.05) is 13.0 Å². The molecule has 0 spiro atoms. The number of hydrogen-bond acceptors (Lipinski definition) is 3. The van der Waals surface area contributed by atoms with E-state index < -0.39 is 5.97 Å². The van der Waals surface area contributed by atoms with Crippen LogP contribution in [-0.4, -0.2) is 42.3 Å². The molecule has 1 saturated heterocycles. The molecule has 1 aliphatic heterocycles. The summed E-state index contributed by atoms with van der Waals surface area (Å²) in [5.74, 6) is -0.868. The lowest BCUT2D eigenvalue weighted by molar-refractivity contribution is 0.0696. The van der Waals surface area contributed by atoms with Crippen molar-refractivity contribution in [2.45, 2.75) is 19.9 Å². The van der Waals surface area contributed by atoms with Gasteiger partial charge in [0.15, 0.2) is 0 Å². The molecular formula is C14H19NO3. The molecule has 4 nitrogen and oxygen atoms in total. The maximum absolute atomic E-state index is 10.9. The molecule has 1 aliphatic rings. The molecule has 1 heterocycles. The fraction of sp³-hybridized carbons (Fsp3) is 0.500. The van der Waals surface area contributed by atoms with Gasteiger partial charge in [-0.05, 0) is 36.6 Å². The zero-order chi connectivity index (χ0) is 13.0. The number of nitrogens with zero attached hydrogens (tertiary/aromatic N) is 1. The van der Waals surface area contributed by atoms with Gasteiger partial charge in [0.2, 0.25) is 0 Å². The number of carboxylic acid groups (broad SMARTS) is 1. The molecule has 0 atom stereocenters. The molecule has 98 valence electrons. The molecule has 18 heavy (non-hydrogen) atoms. The van der Waals surface area contributed by atoms with Gasteiger partial charge < -0.3 is 9.84 Å². The molecule has 0 unspecified atom stereocenters. The van der Waals surface area contributed by atoms with Gasteiger partial charge in [-0.2, -0.15) is 0 Å². The van der Waals surface area contributed by atoms with Crippen LogP contribution in [0, 0.1) is 6.92 Å². The lowest BCUT2D eigenvalue weighted by Crippen LogP contribution is -2.26. The van der Waals surface area contributed by atoms with E-state index in [1.165, 1.54) is 5.56 Å². The van der Waals surface area contributed by atoms with E-state index in [4.69, 9.17) is 9.84 Å². The minimum atomic E-state index is -0.868. The van der Waals surface area contributed by atoms with Crippen LogP contribution >= 0.6 is 0 Å². The lowest BCUT2D eigenvalue weighted by atomic mass is 10.0. The third kappa shape index (κ3) is 3.31. The summed E-state index contributed by atoms with van der Waals surface area (Å²) in [6.07, 6.45) is 1.06. The largest absolute Gasteiger partial charge is 0.478 e. The summed E-state index contributed by atoms with van der Waals surface area (Å²) < 4.78 is 5.42. The molecular weight excluding hydrogens is 230 g/mol. The van der Waals surface area contributed by atoms with Crippen molar-refractivity contribution in [3.8, 4) is 0 Å². The van der Waals surface area contributed by atoms with E-state index in [-0.39, 0.29) is 0 Å². The number of hydrogen-bond donors (Lipinski definition) is 1. The minimum absolute atomic E-state index is 0.357. The van der Waals surface area contributed by atoms with Gasteiger partial charge >= 0.3 is 5.97 Å². The standard InChI is InChI=1S/C14H19NO3/c1-11-9-12(14(16)17)3-4-13(11)10-15-5-2-7-18-8-6-15/h3-4,9H,2,5-8,10H2,1H3,(H,16,17). The van der Waals surface area contributed by atoms with Crippen molar-refractivity contribution in [1.29, 1.82) is 0 Å². The van der Waals surface area contributed by atoms with Crippen LogP contribution in [0.2, 0.25) is 0 Å². The number of aromatic carboxylic acids is 1. The van der Waals surface area contributed by atoms with Crippen LogP contribution in [0.5, 0.6) is 0 Å². The van der Waals surface area contributed by atoms with Crippen molar-refractivity contribution in [2.75, 3.05) is 26.3 Å². The summed E-state index contributed by atoms with van der Waals surface area (Å²) in [5, 5.41) is 8.93. The topological polar surface area (TPSA) is 49.8 Å². The predicted octanol–water partition coefficient (Wildman–Crippen LogP) is 1.92. The third-order valence-electron chi connectivity index (χ3n) is 3.30. The second-order valence-electron chi connectivity index (χ2n) is 4.69. The number of aryl methyl sites for hydroxylation is 1. The van der Waals surface area contributed by atoms with E-state index in [1.54, 1.807) is 12.1 Å². The first-order valence-electron chi connectivity index (χ1n) is 6.30. The van der Waals surface area contributed by atoms with Crippen molar-refractivity contribution >= 4 is 5.97 Å². The maximum Gasteiger partial charge on any atom is 0.335 e. The third-order valence-corrected chi connectivity index (χ3v) is 3.30. The Balaban J connectivity index is 2.06. The summed E-state index contributed by atoms with van der Waals surface area (Å²) in [7, 11) is 0. The van der Waals surface area contributed by atoms with Crippen LogP contribution in [0.3, 0.4) is 0 Å². The molecule has 4 heteroatoms. The molecule has 0 aromatic heterocycles. The number of carbonyl (C=O) groups is 1. The average Bonchev–Trinajstić information content (AvgIpc) is 2.60. The second-order valence-corrected chi connectivity index (χ2v) is 4.69. The summed E-state index contributed by atoms with van der Waals surface area (Å²) in [6, 6.07) is 5.34. The molecule has 1 aromatic carbocycles. The SMILES string of the molecule is Cc1cc(C(=O)O)ccc1CN1CCCOCC1. The van der Waals surface area contributed by atoms with Crippen molar-refractivity contribution in [3.63, 3.8) is 0 Å². The molecule has 0 radical (unpaired) electrons. The zero-order valence-corrected chi connectivity index (χ0v) is 10.7. The van der Waals surface area contributed by atoms with Gasteiger partial charge in [-0.25, -0.2) is 4.79 Å². The summed E-state index contributed by atoms with van der Waals surface area (Å²) >= 11 is 0. The van der Waals surface area contributed by atoms with Crippen molar-refractivity contribution in [1.82, 2.24) is 4.90 Å². The Morgan fingerprint density at radius 2 is 2.22 bits per heavy atom. The maximum atomic E-state index is 10.9. The van der Waals surface area contributed by atoms with Gasteiger partial charge in [-0.15, -0.1) is 0 Å². The first kappa shape index (κ1) is 13.1. The normalized spacial score (nSPS) is 17.4. The van der Waals surface area contributed by atoms with Crippen molar-refractivity contribution in [3.05, 3.63) is 34.9 Å². The molecule has 0 amide bonds. The predicted molar refractivity (Wildman–Crippen MR) is 68.9 cm³/mol. The number of ether oxygens (including phenoxy) is 1. The van der Waals surface area contributed by atoms with E-state index in [0.717, 1.165) is 44.8 Å². The first-order chi connectivity index (χ1) is 8.66. The smallest absolute Gasteiger partial charge is 0.335 e. The fourth-order valence-electron chi connectivity index (χ4n) is 2.20. The van der Waals surface area contributed by atoms with Gasteiger partial charge in [0.05, 0.1) is 12.2 Å². The zero-order valence-electron chi connectivity index (χ0n) is 10.7. The molecule has 1 aromatic rings. The first-order valence-corrected chi connectivity index (χ1v) is 6.30. The van der Waals surface area contributed by atoms with Crippen LogP contribution in [0.15, 0.2) is 18.2 Å². The molecule has 1 fully saturated rings. The van der Waals surface area contributed by atoms with E-state index in [2.05, 4.69) is 4.90 Å². The molecule has 1 N–H and O–H groups in total. The van der Waals surface area contributed by atoms with Gasteiger partial charge in [0, 0.05) is 26.2 Å². The van der Waals surface area contributed by atoms with Crippen molar-refractivity contribution in [2.24, 2.45) is 0 Å². The molecule has 0 bridgehead atoms. The van der Waals surface area contributed by atoms with Crippen LogP contribution in [-0.2, 0) is 11.3 Å². The molecule has 2 rings (SSSR count). The second kappa shape index (κ2) is 5.98.